The summed E-state index contributed by atoms with van der Waals surface area (Å²) in [5.41, 5.74) is 5.74. The Balaban J connectivity index is 2.08. The van der Waals surface area contributed by atoms with E-state index in [-0.39, 0.29) is 0 Å². The van der Waals surface area contributed by atoms with Crippen molar-refractivity contribution in [1.29, 1.82) is 0 Å². The summed E-state index contributed by atoms with van der Waals surface area (Å²) >= 11 is 0. The summed E-state index contributed by atoms with van der Waals surface area (Å²) in [6, 6.07) is 20.7. The Hall–Kier alpha value is -2.81. The SMILES string of the molecule is NC(=O)c1ccccc1Oc1cccc2ccccc12. The summed E-state index contributed by atoms with van der Waals surface area (Å²) in [5.74, 6) is 0.675. The van der Waals surface area contributed by atoms with Crippen LogP contribution in [-0.2, 0) is 0 Å². The average Bonchev–Trinajstić information content (AvgIpc) is 2.48. The molecule has 0 aliphatic rings. The highest BCUT2D eigenvalue weighted by Gasteiger charge is 2.10. The molecule has 3 aromatic carbocycles. The van der Waals surface area contributed by atoms with E-state index in [0.717, 1.165) is 10.8 Å². The maximum absolute atomic E-state index is 11.4. The maximum atomic E-state index is 11.4. The Morgan fingerprint density at radius 3 is 2.30 bits per heavy atom. The second-order valence-electron chi connectivity index (χ2n) is 4.44. The van der Waals surface area contributed by atoms with Crippen molar-refractivity contribution in [3.8, 4) is 11.5 Å². The number of fused-ring (bicyclic) bond motifs is 1. The molecular weight excluding hydrogens is 250 g/mol. The van der Waals surface area contributed by atoms with Crippen LogP contribution in [0.15, 0.2) is 66.7 Å². The van der Waals surface area contributed by atoms with Gasteiger partial charge in [-0.3, -0.25) is 4.79 Å². The van der Waals surface area contributed by atoms with Crippen LogP contribution in [0.5, 0.6) is 11.5 Å². The van der Waals surface area contributed by atoms with Gasteiger partial charge >= 0.3 is 0 Å². The average molecular weight is 263 g/mol. The molecule has 0 aliphatic heterocycles. The van der Waals surface area contributed by atoms with Crippen LogP contribution in [0.25, 0.3) is 10.8 Å². The minimum absolute atomic E-state index is 0.375. The lowest BCUT2D eigenvalue weighted by Gasteiger charge is -2.11. The van der Waals surface area contributed by atoms with Gasteiger partial charge in [0.05, 0.1) is 5.56 Å². The minimum atomic E-state index is -0.499. The first-order valence-electron chi connectivity index (χ1n) is 6.30. The van der Waals surface area contributed by atoms with Gasteiger partial charge < -0.3 is 10.5 Å². The quantitative estimate of drug-likeness (QED) is 0.782. The van der Waals surface area contributed by atoms with Gasteiger partial charge in [-0.1, -0.05) is 48.5 Å². The van der Waals surface area contributed by atoms with Crippen molar-refractivity contribution in [3.05, 3.63) is 72.3 Å². The van der Waals surface area contributed by atoms with Crippen LogP contribution in [0.4, 0.5) is 0 Å². The molecule has 0 saturated heterocycles. The fourth-order valence-corrected chi connectivity index (χ4v) is 2.16. The molecule has 0 atom stereocenters. The molecule has 3 rings (SSSR count). The molecule has 20 heavy (non-hydrogen) atoms. The fourth-order valence-electron chi connectivity index (χ4n) is 2.16. The zero-order valence-electron chi connectivity index (χ0n) is 10.7. The molecule has 0 aliphatic carbocycles. The molecule has 0 spiro atoms. The van der Waals surface area contributed by atoms with Crippen LogP contribution in [0.2, 0.25) is 0 Å². The number of hydrogen-bond donors (Lipinski definition) is 1. The summed E-state index contributed by atoms with van der Waals surface area (Å²) in [5, 5.41) is 2.08. The fraction of sp³-hybridized carbons (Fsp3) is 0. The molecular formula is C17H13NO2. The first kappa shape index (κ1) is 12.2. The number of amides is 1. The molecule has 3 heteroatoms. The lowest BCUT2D eigenvalue weighted by atomic mass is 10.1. The van der Waals surface area contributed by atoms with Gasteiger partial charge in [0.25, 0.3) is 5.91 Å². The van der Waals surface area contributed by atoms with Crippen molar-refractivity contribution in [2.45, 2.75) is 0 Å². The maximum Gasteiger partial charge on any atom is 0.252 e. The number of carbonyl (C=O) groups is 1. The van der Waals surface area contributed by atoms with Gasteiger partial charge in [0.2, 0.25) is 0 Å². The zero-order valence-corrected chi connectivity index (χ0v) is 10.7. The topological polar surface area (TPSA) is 52.3 Å². The largest absolute Gasteiger partial charge is 0.456 e. The Morgan fingerprint density at radius 1 is 0.800 bits per heavy atom. The van der Waals surface area contributed by atoms with Gasteiger partial charge in [-0.25, -0.2) is 0 Å². The first-order valence-corrected chi connectivity index (χ1v) is 6.30. The Kier molecular flexibility index (Phi) is 3.09. The Labute approximate surface area is 116 Å². The number of para-hydroxylation sites is 1. The normalized spacial score (nSPS) is 10.4. The number of hydrogen-bond acceptors (Lipinski definition) is 2. The number of primary amides is 1. The van der Waals surface area contributed by atoms with Gasteiger partial charge in [-0.2, -0.15) is 0 Å². The third-order valence-corrected chi connectivity index (χ3v) is 3.12. The van der Waals surface area contributed by atoms with Gasteiger partial charge in [0, 0.05) is 5.39 Å². The van der Waals surface area contributed by atoms with Crippen molar-refractivity contribution >= 4 is 16.7 Å². The molecule has 0 bridgehead atoms. The standard InChI is InChI=1S/C17H13NO2/c18-17(19)14-9-3-4-10-16(14)20-15-11-5-7-12-6-1-2-8-13(12)15/h1-11H,(H2,18,19). The van der Waals surface area contributed by atoms with Crippen LogP contribution in [-0.4, -0.2) is 5.91 Å². The highest BCUT2D eigenvalue weighted by molar-refractivity contribution is 5.96. The highest BCUT2D eigenvalue weighted by Crippen LogP contribution is 2.31. The smallest absolute Gasteiger partial charge is 0.252 e. The third-order valence-electron chi connectivity index (χ3n) is 3.12. The van der Waals surface area contributed by atoms with Gasteiger partial charge in [0.1, 0.15) is 11.5 Å². The van der Waals surface area contributed by atoms with E-state index in [0.29, 0.717) is 17.1 Å². The molecule has 0 heterocycles. The molecule has 98 valence electrons. The second-order valence-corrected chi connectivity index (χ2v) is 4.44. The van der Waals surface area contributed by atoms with Crippen molar-refractivity contribution in [1.82, 2.24) is 0 Å². The zero-order chi connectivity index (χ0) is 13.9. The van der Waals surface area contributed by atoms with Crippen molar-refractivity contribution in [2.75, 3.05) is 0 Å². The molecule has 3 aromatic rings. The minimum Gasteiger partial charge on any atom is -0.456 e. The van der Waals surface area contributed by atoms with E-state index in [2.05, 4.69) is 0 Å². The van der Waals surface area contributed by atoms with E-state index in [1.54, 1.807) is 18.2 Å². The molecule has 1 amide bonds. The summed E-state index contributed by atoms with van der Waals surface area (Å²) in [6.07, 6.45) is 0. The number of rotatable bonds is 3. The second kappa shape index (κ2) is 5.05. The van der Waals surface area contributed by atoms with Crippen LogP contribution in [0.3, 0.4) is 0 Å². The number of ether oxygens (including phenoxy) is 1. The molecule has 0 aromatic heterocycles. The van der Waals surface area contributed by atoms with E-state index in [1.165, 1.54) is 0 Å². The lowest BCUT2D eigenvalue weighted by Crippen LogP contribution is -2.11. The molecule has 2 N–H and O–H groups in total. The first-order chi connectivity index (χ1) is 9.75. The Bertz CT molecular complexity index is 775. The Morgan fingerprint density at radius 2 is 1.45 bits per heavy atom. The van der Waals surface area contributed by atoms with E-state index in [1.807, 2.05) is 48.5 Å². The summed E-state index contributed by atoms with van der Waals surface area (Å²) in [4.78, 5) is 11.4. The van der Waals surface area contributed by atoms with Crippen LogP contribution < -0.4 is 10.5 Å². The van der Waals surface area contributed by atoms with Crippen molar-refractivity contribution in [3.63, 3.8) is 0 Å². The van der Waals surface area contributed by atoms with Crippen molar-refractivity contribution < 1.29 is 9.53 Å². The molecule has 0 radical (unpaired) electrons. The summed E-state index contributed by atoms with van der Waals surface area (Å²) in [7, 11) is 0. The predicted octanol–water partition coefficient (Wildman–Crippen LogP) is 3.73. The van der Waals surface area contributed by atoms with Crippen molar-refractivity contribution in [2.24, 2.45) is 5.73 Å². The number of carbonyl (C=O) groups excluding carboxylic acids is 1. The van der Waals surface area contributed by atoms with E-state index < -0.39 is 5.91 Å². The lowest BCUT2D eigenvalue weighted by molar-refractivity contribution is 0.0998. The van der Waals surface area contributed by atoms with Crippen LogP contribution in [0, 0.1) is 0 Å². The molecule has 0 fully saturated rings. The number of benzene rings is 3. The monoisotopic (exact) mass is 263 g/mol. The van der Waals surface area contributed by atoms with E-state index in [4.69, 9.17) is 10.5 Å². The number of nitrogens with two attached hydrogens (primary N) is 1. The summed E-state index contributed by atoms with van der Waals surface area (Å²) in [6.45, 7) is 0. The third kappa shape index (κ3) is 2.21. The van der Waals surface area contributed by atoms with E-state index in [9.17, 15) is 4.79 Å². The molecule has 0 unspecified atom stereocenters. The molecule has 3 nitrogen and oxygen atoms in total. The van der Waals surface area contributed by atoms with Gasteiger partial charge in [-0.05, 0) is 23.6 Å². The summed E-state index contributed by atoms with van der Waals surface area (Å²) < 4.78 is 5.88. The van der Waals surface area contributed by atoms with Gasteiger partial charge in [0.15, 0.2) is 0 Å². The highest BCUT2D eigenvalue weighted by atomic mass is 16.5. The van der Waals surface area contributed by atoms with Gasteiger partial charge in [-0.15, -0.1) is 0 Å². The van der Waals surface area contributed by atoms with E-state index >= 15 is 0 Å². The van der Waals surface area contributed by atoms with Crippen LogP contribution >= 0.6 is 0 Å². The predicted molar refractivity (Wildman–Crippen MR) is 79.0 cm³/mol. The van der Waals surface area contributed by atoms with Crippen LogP contribution in [0.1, 0.15) is 10.4 Å². The molecule has 0 saturated carbocycles.